The molecule has 8 N–H and O–H groups in total. The Bertz CT molecular complexity index is 2700. The molecule has 79 heavy (non-hydrogen) atoms. The van der Waals surface area contributed by atoms with E-state index in [4.69, 9.17) is 24.7 Å². The summed E-state index contributed by atoms with van der Waals surface area (Å²) < 4.78 is 22.7. The maximum Gasteiger partial charge on any atom is 0.331 e. The lowest BCUT2D eigenvalue weighted by molar-refractivity contribution is -0.128. The van der Waals surface area contributed by atoms with E-state index in [1.165, 1.54) is 6.08 Å². The van der Waals surface area contributed by atoms with Gasteiger partial charge in [0.1, 0.15) is 5.75 Å². The number of allylic oxidation sites excluding steroid dienone is 1. The first-order chi connectivity index (χ1) is 38.4. The van der Waals surface area contributed by atoms with Gasteiger partial charge in [0.25, 0.3) is 0 Å². The summed E-state index contributed by atoms with van der Waals surface area (Å²) in [4.78, 5) is 97.6. The molecule has 1 saturated carbocycles. The first-order valence-electron chi connectivity index (χ1n) is 28.0. The number of carbonyl (C=O) groups excluding carboxylic acids is 7. The number of pyridine rings is 1. The minimum atomic E-state index is -0.636. The number of piperidine rings is 1. The van der Waals surface area contributed by atoms with Crippen molar-refractivity contribution in [2.24, 2.45) is 17.6 Å². The Morgan fingerprint density at radius 3 is 2.28 bits per heavy atom. The number of aromatic nitrogens is 1. The number of urea groups is 2. The number of para-hydroxylation sites is 1. The molecule has 2 aliphatic carbocycles. The molecular weight excluding hydrogens is 1010 g/mol. The van der Waals surface area contributed by atoms with E-state index in [0.717, 1.165) is 49.7 Å². The van der Waals surface area contributed by atoms with Crippen LogP contribution in [0.4, 0.5) is 21.0 Å². The van der Waals surface area contributed by atoms with Gasteiger partial charge in [-0.1, -0.05) is 42.8 Å². The molecule has 4 heterocycles. The highest BCUT2D eigenvalue weighted by atomic mass is 16.5. The van der Waals surface area contributed by atoms with E-state index in [2.05, 4.69) is 36.9 Å². The molecule has 5 aliphatic rings. The fourth-order valence-corrected chi connectivity index (χ4v) is 11.0. The number of amides is 9. The Kier molecular flexibility index (Phi) is 21.2. The van der Waals surface area contributed by atoms with E-state index < -0.39 is 17.9 Å². The normalized spacial score (nSPS) is 19.6. The third-order valence-electron chi connectivity index (χ3n) is 15.1. The number of unbranched alkanes of at least 4 members (excludes halogenated alkanes) is 1. The summed E-state index contributed by atoms with van der Waals surface area (Å²) in [5.74, 6) is -0.383. The Balaban J connectivity index is 0.648. The average Bonchev–Trinajstić information content (AvgIpc) is 4.31. The SMILES string of the molecule is Cc1nc(Oc2ccccc2)ccc1N1C(=O)NC2=C(C(=O)N[C@@H]3CCCN(C(=O)/C=C/CC(CCC(=O)NCCCOCCOCCOCCCNC(=O)CCCC[C@@H]4CC[C@@H]5NC(=O)N[C@H]45)C(N)=O)C3)Cc3cccc1c32. The topological polar surface area (TPSA) is 274 Å². The zero-order valence-corrected chi connectivity index (χ0v) is 45.2. The van der Waals surface area contributed by atoms with Crippen LogP contribution in [0.5, 0.6) is 11.6 Å². The zero-order chi connectivity index (χ0) is 55.5. The van der Waals surface area contributed by atoms with E-state index in [0.29, 0.717) is 144 Å². The van der Waals surface area contributed by atoms with Crippen molar-refractivity contribution in [1.82, 2.24) is 41.8 Å². The molecule has 3 aliphatic heterocycles. The fraction of sp³-hybridized carbons (Fsp3) is 0.517. The van der Waals surface area contributed by atoms with Crippen LogP contribution in [0.2, 0.25) is 0 Å². The number of benzene rings is 2. The number of carbonyl (C=O) groups is 7. The van der Waals surface area contributed by atoms with Crippen molar-refractivity contribution in [1.29, 1.82) is 0 Å². The van der Waals surface area contributed by atoms with Gasteiger partial charge in [-0.2, -0.15) is 0 Å². The van der Waals surface area contributed by atoms with Gasteiger partial charge in [0.15, 0.2) is 0 Å². The van der Waals surface area contributed by atoms with E-state index in [1.807, 2.05) is 55.5 Å². The number of primary amides is 1. The number of anilines is 2. The number of likely N-dealkylation sites (tertiary alicyclic amines) is 1. The Morgan fingerprint density at radius 2 is 1.54 bits per heavy atom. The van der Waals surface area contributed by atoms with Gasteiger partial charge in [-0.05, 0) is 113 Å². The number of aryl methyl sites for hydroxylation is 1. The number of nitrogens with zero attached hydrogens (tertiary/aromatic N) is 3. The second-order valence-corrected chi connectivity index (χ2v) is 20.7. The molecule has 0 spiro atoms. The molecule has 8 rings (SSSR count). The molecule has 2 aromatic carbocycles. The fourth-order valence-electron chi connectivity index (χ4n) is 11.0. The predicted octanol–water partition coefficient (Wildman–Crippen LogP) is 5.33. The van der Waals surface area contributed by atoms with E-state index in [9.17, 15) is 33.6 Å². The van der Waals surface area contributed by atoms with Crippen LogP contribution in [-0.4, -0.2) is 135 Å². The van der Waals surface area contributed by atoms with Gasteiger partial charge < -0.3 is 61.5 Å². The lowest BCUT2D eigenvalue weighted by Gasteiger charge is -2.33. The highest BCUT2D eigenvalue weighted by molar-refractivity contribution is 6.16. The lowest BCUT2D eigenvalue weighted by Crippen LogP contribution is -2.50. The van der Waals surface area contributed by atoms with E-state index >= 15 is 0 Å². The summed E-state index contributed by atoms with van der Waals surface area (Å²) in [7, 11) is 0. The molecule has 1 aromatic heterocycles. The number of nitrogens with one attached hydrogen (secondary N) is 6. The molecule has 3 fully saturated rings. The number of hydrogen-bond donors (Lipinski definition) is 7. The summed E-state index contributed by atoms with van der Waals surface area (Å²) in [6.07, 6.45) is 12.0. The minimum absolute atomic E-state index is 0.0542. The molecule has 21 heteroatoms. The number of rotatable bonds is 31. The summed E-state index contributed by atoms with van der Waals surface area (Å²) in [5, 5.41) is 17.9. The van der Waals surface area contributed by atoms with Crippen LogP contribution in [0.15, 0.2) is 78.4 Å². The molecule has 0 bridgehead atoms. The maximum absolute atomic E-state index is 14.0. The summed E-state index contributed by atoms with van der Waals surface area (Å²) >= 11 is 0. The van der Waals surface area contributed by atoms with Crippen molar-refractivity contribution in [3.05, 3.63) is 95.2 Å². The standard InChI is InChI=1S/C58H76N10O11/c1-38-46(24-26-50(62-38)79-43-16-3-2-4-17-43)68-47-18-7-14-41-36-44(54(52(41)47)66-58(68)75)56(73)63-42-15-9-29-67(37-42)51(71)20-8-13-40(55(59)72)22-25-49(70)61-28-11-31-77-33-35-78-34-32-76-30-10-27-60-48(69)19-6-5-12-39-21-23-45-53(39)65-57(74)64-45/h2-4,7-8,14,16-18,20,24,26,39-40,42,45,53H,5-6,9-13,15,19,21-23,25,27-37H2,1H3,(H2,59,72)(H,60,69)(H,61,70)(H,63,73)(H,66,75)(H2,64,65,74)/b20-8+/t39-,40?,42-,45+,53-/m1/s1. The monoisotopic (exact) mass is 1090 g/mol. The predicted molar refractivity (Wildman–Crippen MR) is 295 cm³/mol. The molecule has 424 valence electrons. The van der Waals surface area contributed by atoms with Gasteiger partial charge in [-0.15, -0.1) is 0 Å². The first-order valence-corrected chi connectivity index (χ1v) is 28.0. The van der Waals surface area contributed by atoms with Gasteiger partial charge >= 0.3 is 12.1 Å². The van der Waals surface area contributed by atoms with Crippen molar-refractivity contribution in [3.8, 4) is 11.6 Å². The quantitative estimate of drug-likeness (QED) is 0.0318. The number of ether oxygens (including phenoxy) is 4. The average molecular weight is 1090 g/mol. The third kappa shape index (κ3) is 16.4. The van der Waals surface area contributed by atoms with E-state index in [1.54, 1.807) is 28.0 Å². The third-order valence-corrected chi connectivity index (χ3v) is 15.1. The van der Waals surface area contributed by atoms with Crippen LogP contribution in [0.1, 0.15) is 100 Å². The van der Waals surface area contributed by atoms with Crippen LogP contribution >= 0.6 is 0 Å². The van der Waals surface area contributed by atoms with Gasteiger partial charge in [0.05, 0.1) is 61.3 Å². The van der Waals surface area contributed by atoms with Crippen molar-refractivity contribution in [3.63, 3.8) is 0 Å². The smallest absolute Gasteiger partial charge is 0.331 e. The van der Waals surface area contributed by atoms with Gasteiger partial charge in [-0.25, -0.2) is 14.6 Å². The zero-order valence-electron chi connectivity index (χ0n) is 45.2. The van der Waals surface area contributed by atoms with Crippen molar-refractivity contribution >= 4 is 58.7 Å². The second kappa shape index (κ2) is 29.0. The Morgan fingerprint density at radius 1 is 0.810 bits per heavy atom. The Labute approximate surface area is 461 Å². The van der Waals surface area contributed by atoms with Crippen molar-refractivity contribution < 1.29 is 52.5 Å². The molecule has 0 radical (unpaired) electrons. The van der Waals surface area contributed by atoms with Gasteiger partial charge in [-0.3, -0.25) is 28.9 Å². The molecule has 1 unspecified atom stereocenters. The Hall–Kier alpha value is -7.36. The lowest BCUT2D eigenvalue weighted by atomic mass is 9.96. The number of hydrogen-bond acceptors (Lipinski definition) is 12. The van der Waals surface area contributed by atoms with Crippen molar-refractivity contribution in [2.45, 2.75) is 115 Å². The van der Waals surface area contributed by atoms with Crippen LogP contribution < -0.4 is 47.3 Å². The number of nitrogens with two attached hydrogens (primary N) is 1. The van der Waals surface area contributed by atoms with Crippen LogP contribution in [-0.2, 0) is 44.6 Å². The first kappa shape index (κ1) is 57.8. The number of fused-ring (bicyclic) bond motifs is 1. The van der Waals surface area contributed by atoms with Gasteiger partial charge in [0.2, 0.25) is 35.4 Å². The van der Waals surface area contributed by atoms with Crippen LogP contribution in [0.3, 0.4) is 0 Å². The maximum atomic E-state index is 14.0. The summed E-state index contributed by atoms with van der Waals surface area (Å²) in [6.45, 7) is 6.23. The molecule has 21 nitrogen and oxygen atoms in total. The minimum Gasteiger partial charge on any atom is -0.439 e. The van der Waals surface area contributed by atoms with E-state index in [-0.39, 0.29) is 67.0 Å². The molecule has 5 atom stereocenters. The largest absolute Gasteiger partial charge is 0.439 e. The molecule has 9 amide bonds. The molecule has 2 saturated heterocycles. The highest BCUT2D eigenvalue weighted by Gasteiger charge is 2.42. The highest BCUT2D eigenvalue weighted by Crippen LogP contribution is 2.44. The second-order valence-electron chi connectivity index (χ2n) is 20.7. The van der Waals surface area contributed by atoms with Crippen LogP contribution in [0, 0.1) is 18.8 Å². The van der Waals surface area contributed by atoms with Gasteiger partial charge in [0, 0.05) is 87.8 Å². The molecule has 3 aromatic rings. The molecular formula is C58H76N10O11. The summed E-state index contributed by atoms with van der Waals surface area (Å²) in [5.41, 5.74) is 10.1. The van der Waals surface area contributed by atoms with Crippen molar-refractivity contribution in [2.75, 3.05) is 70.7 Å². The van der Waals surface area contributed by atoms with Crippen LogP contribution in [0.25, 0.3) is 5.70 Å². The summed E-state index contributed by atoms with van der Waals surface area (Å²) in [6, 6.07) is 18.2.